The first-order valence-corrected chi connectivity index (χ1v) is 1.76. The molecular formula is C6BN. The van der Waals surface area contributed by atoms with E-state index in [9.17, 15) is 0 Å². The molecular weight excluding hydrogens is 96.9 g/mol. The van der Waals surface area contributed by atoms with Crippen LogP contribution in [0.5, 0.6) is 0 Å². The van der Waals surface area contributed by atoms with Crippen LogP contribution in [-0.4, -0.2) is 7.33 Å². The first-order chi connectivity index (χ1) is 3.91. The van der Waals surface area contributed by atoms with Gasteiger partial charge in [0.15, 0.2) is 0 Å². The van der Waals surface area contributed by atoms with Crippen LogP contribution in [0.2, 0.25) is 0 Å². The summed E-state index contributed by atoms with van der Waals surface area (Å²) in [6.07, 6.45) is 0. The summed E-state index contributed by atoms with van der Waals surface area (Å²) >= 11 is 0. The molecule has 0 heterocycles. The zero-order valence-electron chi connectivity index (χ0n) is 4.02. The minimum atomic E-state index is 1.59. The number of hydrogen-bond acceptors (Lipinski definition) is 1. The fourth-order valence-corrected chi connectivity index (χ4v) is 0.127. The summed E-state index contributed by atoms with van der Waals surface area (Å²) in [5.74, 6) is 10.8. The molecule has 0 unspecified atom stereocenters. The molecule has 0 aromatic rings. The van der Waals surface area contributed by atoms with Crippen LogP contribution in [0.25, 0.3) is 0 Å². The predicted molar refractivity (Wildman–Crippen MR) is 30.8 cm³/mol. The number of rotatable bonds is 0. The molecule has 0 saturated heterocycles. The van der Waals surface area contributed by atoms with Crippen molar-refractivity contribution in [1.82, 2.24) is 0 Å². The van der Waals surface area contributed by atoms with Crippen LogP contribution >= 0.6 is 0 Å². The molecule has 0 aromatic carbocycles. The number of nitriles is 1. The zero-order valence-corrected chi connectivity index (χ0v) is 4.02. The molecule has 0 bridgehead atoms. The van der Waals surface area contributed by atoms with Gasteiger partial charge in [-0.05, 0) is 0 Å². The molecule has 0 saturated carbocycles. The normalized spacial score (nSPS) is 3.62. The van der Waals surface area contributed by atoms with E-state index in [1.165, 1.54) is 0 Å². The van der Waals surface area contributed by atoms with E-state index in [0.717, 1.165) is 0 Å². The monoisotopic (exact) mass is 97.0 g/mol. The number of hydrogen-bond donors (Lipinski definition) is 0. The zero-order chi connectivity index (χ0) is 6.24. The fourth-order valence-electron chi connectivity index (χ4n) is 0.127. The van der Waals surface area contributed by atoms with Gasteiger partial charge >= 0.3 is 48.1 Å². The van der Waals surface area contributed by atoms with Gasteiger partial charge in [-0.2, -0.15) is 0 Å². The third-order valence-electron chi connectivity index (χ3n) is 0.316. The van der Waals surface area contributed by atoms with Gasteiger partial charge in [0.1, 0.15) is 0 Å². The van der Waals surface area contributed by atoms with E-state index in [0.29, 0.717) is 0 Å². The van der Waals surface area contributed by atoms with Crippen molar-refractivity contribution in [2.24, 2.45) is 0 Å². The first kappa shape index (κ1) is 6.45. The second-order valence-electron chi connectivity index (χ2n) is 0.756. The van der Waals surface area contributed by atoms with Gasteiger partial charge in [0.25, 0.3) is 0 Å². The van der Waals surface area contributed by atoms with E-state index in [1.807, 2.05) is 0 Å². The fraction of sp³-hybridized carbons (Fsp3) is 0. The molecule has 0 spiro atoms. The summed E-state index contributed by atoms with van der Waals surface area (Å²) in [6.45, 7) is 0. The van der Waals surface area contributed by atoms with E-state index < -0.39 is 0 Å². The maximum atomic E-state index is 7.82. The summed E-state index contributed by atoms with van der Waals surface area (Å²) in [4.78, 5) is 0. The summed E-state index contributed by atoms with van der Waals surface area (Å²) in [5.41, 5.74) is 0. The standard InChI is InChI=1S/C6BN/c7-5-3-1-2-4-6-8. The molecule has 0 rings (SSSR count). The molecule has 0 radical (unpaired) electrons. The van der Waals surface area contributed by atoms with Gasteiger partial charge in [0, 0.05) is 0 Å². The van der Waals surface area contributed by atoms with Crippen molar-refractivity contribution in [3.63, 3.8) is 0 Å². The maximum absolute atomic E-state index is 7.82. The molecule has 1 nitrogen and oxygen atoms in total. The van der Waals surface area contributed by atoms with Gasteiger partial charge in [0.05, 0.1) is 0 Å². The quantitative estimate of drug-likeness (QED) is 0.299. The van der Waals surface area contributed by atoms with Crippen LogP contribution in [0.1, 0.15) is 0 Å². The molecule has 0 fully saturated rings. The third kappa shape index (κ3) is 4.45. The summed E-state index contributed by atoms with van der Waals surface area (Å²) < 4.78 is 0. The molecule has 0 amide bonds. The Kier molecular flexibility index (Phi) is 4.40. The Balaban J connectivity index is 3.85. The van der Waals surface area contributed by atoms with Crippen molar-refractivity contribution in [3.8, 4) is 35.6 Å². The van der Waals surface area contributed by atoms with Crippen LogP contribution < -0.4 is 0 Å². The average Bonchev–Trinajstić information content (AvgIpc) is 1.81. The van der Waals surface area contributed by atoms with Crippen molar-refractivity contribution in [2.45, 2.75) is 0 Å². The third-order valence-corrected chi connectivity index (χ3v) is 0.316. The van der Waals surface area contributed by atoms with Crippen molar-refractivity contribution < 1.29 is 0 Å². The van der Waals surface area contributed by atoms with Gasteiger partial charge in [-0.25, -0.2) is 0 Å². The molecule has 0 aromatic heterocycles. The molecule has 2 heteroatoms. The topological polar surface area (TPSA) is 23.8 Å². The first-order valence-electron chi connectivity index (χ1n) is 1.76. The van der Waals surface area contributed by atoms with Crippen LogP contribution in [-0.2, 0) is 0 Å². The van der Waals surface area contributed by atoms with Gasteiger partial charge in [-0.1, -0.05) is 0 Å². The second-order valence-corrected chi connectivity index (χ2v) is 0.756. The molecule has 0 aliphatic heterocycles. The van der Waals surface area contributed by atoms with Crippen molar-refractivity contribution in [3.05, 3.63) is 0 Å². The SMILES string of the molecule is B#CC#CC#CC#N. The van der Waals surface area contributed by atoms with E-state index in [4.69, 9.17) is 12.6 Å². The Morgan fingerprint density at radius 1 is 1.00 bits per heavy atom. The minimum absolute atomic E-state index is 1.59. The molecule has 8 heavy (non-hydrogen) atoms. The van der Waals surface area contributed by atoms with Gasteiger partial charge < -0.3 is 0 Å². The Morgan fingerprint density at radius 2 is 1.62 bits per heavy atom. The van der Waals surface area contributed by atoms with Crippen LogP contribution in [0.4, 0.5) is 0 Å². The summed E-state index contributed by atoms with van der Waals surface area (Å²) in [7, 11) is 4.74. The van der Waals surface area contributed by atoms with Crippen molar-refractivity contribution in [1.29, 1.82) is 5.26 Å². The van der Waals surface area contributed by atoms with Crippen molar-refractivity contribution in [2.75, 3.05) is 0 Å². The molecule has 0 aliphatic carbocycles. The van der Waals surface area contributed by atoms with Gasteiger partial charge in [-0.3, -0.25) is 0 Å². The van der Waals surface area contributed by atoms with E-state index >= 15 is 0 Å². The average molecular weight is 96.9 g/mol. The summed E-state index contributed by atoms with van der Waals surface area (Å²) in [6, 6.07) is 1.59. The van der Waals surface area contributed by atoms with E-state index in [-0.39, 0.29) is 0 Å². The van der Waals surface area contributed by atoms with Gasteiger partial charge in [0.2, 0.25) is 0 Å². The number of nitrogens with zero attached hydrogens (tertiary/aromatic N) is 1. The Labute approximate surface area is 49.1 Å². The summed E-state index contributed by atoms with van der Waals surface area (Å²) in [5, 5.41) is 7.82. The Morgan fingerprint density at radius 3 is 2.12 bits per heavy atom. The molecule has 32 valence electrons. The van der Waals surface area contributed by atoms with E-state index in [2.05, 4.69) is 29.5 Å². The van der Waals surface area contributed by atoms with Gasteiger partial charge in [-0.15, -0.1) is 0 Å². The molecule has 0 N–H and O–H groups in total. The van der Waals surface area contributed by atoms with E-state index in [1.54, 1.807) is 6.07 Å². The van der Waals surface area contributed by atoms with Crippen LogP contribution in [0.3, 0.4) is 0 Å². The molecule has 0 atom stereocenters. The van der Waals surface area contributed by atoms with Crippen LogP contribution in [0, 0.1) is 40.8 Å². The van der Waals surface area contributed by atoms with Crippen molar-refractivity contribution >= 4 is 7.33 Å². The molecule has 0 aliphatic rings. The second kappa shape index (κ2) is 5.45. The Bertz CT molecular complexity index is 225. The Hall–Kier alpha value is -1.55. The van der Waals surface area contributed by atoms with Crippen LogP contribution in [0.15, 0.2) is 0 Å². The predicted octanol–water partition coefficient (Wildman–Crippen LogP) is -0.356.